The minimum absolute atomic E-state index is 0.117. The molecule has 2 atom stereocenters. The summed E-state index contributed by atoms with van der Waals surface area (Å²) in [5.74, 6) is -0.461. The smallest absolute Gasteiger partial charge is 0.271 e. The first kappa shape index (κ1) is 22.8. The molecule has 1 saturated heterocycles. The van der Waals surface area contributed by atoms with Gasteiger partial charge in [0.25, 0.3) is 5.56 Å². The molecule has 11 heteroatoms. The predicted molar refractivity (Wildman–Crippen MR) is 126 cm³/mol. The van der Waals surface area contributed by atoms with Gasteiger partial charge in [-0.3, -0.25) is 14.3 Å². The van der Waals surface area contributed by atoms with Crippen LogP contribution in [0.25, 0.3) is 10.9 Å². The second-order valence-corrected chi connectivity index (χ2v) is 8.87. The molecule has 1 aromatic carbocycles. The molecular weight excluding hydrogens is 452 g/mol. The molecule has 4 aromatic rings. The van der Waals surface area contributed by atoms with E-state index in [-0.39, 0.29) is 18.3 Å². The molecule has 0 radical (unpaired) electrons. The van der Waals surface area contributed by atoms with Crippen LogP contribution < -0.4 is 16.0 Å². The van der Waals surface area contributed by atoms with Crippen LogP contribution in [0.15, 0.2) is 59.8 Å². The van der Waals surface area contributed by atoms with Crippen molar-refractivity contribution in [3.63, 3.8) is 0 Å². The van der Waals surface area contributed by atoms with Gasteiger partial charge in [0.2, 0.25) is 5.91 Å². The number of H-pyrrole nitrogens is 1. The number of aromatic nitrogens is 5. The first-order chi connectivity index (χ1) is 16.8. The Hall–Kier alpha value is -3.96. The summed E-state index contributed by atoms with van der Waals surface area (Å²) in [6.45, 7) is 4.70. The molecule has 11 nitrogen and oxygen atoms in total. The van der Waals surface area contributed by atoms with Crippen molar-refractivity contribution in [3.05, 3.63) is 71.0 Å². The molecule has 0 aliphatic carbocycles. The van der Waals surface area contributed by atoms with Gasteiger partial charge < -0.3 is 24.9 Å². The van der Waals surface area contributed by atoms with E-state index in [1.165, 1.54) is 12.3 Å². The zero-order valence-corrected chi connectivity index (χ0v) is 19.4. The van der Waals surface area contributed by atoms with Gasteiger partial charge in [-0.1, -0.05) is 6.07 Å². The van der Waals surface area contributed by atoms with E-state index in [1.54, 1.807) is 23.0 Å². The fraction of sp³-hybridized carbons (Fsp3) is 0.333. The van der Waals surface area contributed by atoms with Crippen molar-refractivity contribution >= 4 is 16.8 Å². The van der Waals surface area contributed by atoms with E-state index >= 15 is 0 Å². The number of benzene rings is 1. The standard InChI is InChI=1S/C24H26N6O5/c1-24(2)33-14-17(35-24)13-29-9-7-15(28-29)10-20(23(25)32)30-22(31)11-16(12-27-30)34-21-5-3-4-19-18(21)6-8-26-19/h3-9,11-12,17,20,26H,10,13-14H2,1-2H3,(H2,25,32)/t17-,20?/m1/s1. The van der Waals surface area contributed by atoms with Gasteiger partial charge in [-0.15, -0.1) is 0 Å². The van der Waals surface area contributed by atoms with Gasteiger partial charge >= 0.3 is 0 Å². The molecule has 1 aliphatic rings. The van der Waals surface area contributed by atoms with E-state index in [2.05, 4.69) is 15.2 Å². The van der Waals surface area contributed by atoms with Crippen LogP contribution in [0, 0.1) is 0 Å². The minimum Gasteiger partial charge on any atom is -0.455 e. The first-order valence-electron chi connectivity index (χ1n) is 11.2. The third kappa shape index (κ3) is 4.96. The molecular formula is C24H26N6O5. The van der Waals surface area contributed by atoms with Crippen LogP contribution in [-0.4, -0.2) is 49.0 Å². The summed E-state index contributed by atoms with van der Waals surface area (Å²) < 4.78 is 20.0. The predicted octanol–water partition coefficient (Wildman–Crippen LogP) is 2.13. The number of ether oxygens (including phenoxy) is 3. The van der Waals surface area contributed by atoms with E-state index < -0.39 is 23.3 Å². The lowest BCUT2D eigenvalue weighted by Gasteiger charge is -2.17. The Morgan fingerprint density at radius 1 is 1.34 bits per heavy atom. The maximum Gasteiger partial charge on any atom is 0.271 e. The van der Waals surface area contributed by atoms with Crippen LogP contribution in [0.4, 0.5) is 0 Å². The van der Waals surface area contributed by atoms with Crippen molar-refractivity contribution in [1.29, 1.82) is 0 Å². The van der Waals surface area contributed by atoms with Gasteiger partial charge in [0.1, 0.15) is 17.9 Å². The molecule has 1 amide bonds. The fourth-order valence-electron chi connectivity index (χ4n) is 4.15. The molecule has 3 aromatic heterocycles. The molecule has 1 unspecified atom stereocenters. The Morgan fingerprint density at radius 3 is 2.94 bits per heavy atom. The lowest BCUT2D eigenvalue weighted by Crippen LogP contribution is -2.36. The molecule has 0 saturated carbocycles. The molecule has 0 bridgehead atoms. The number of nitrogens with two attached hydrogens (primary N) is 1. The van der Waals surface area contributed by atoms with Crippen LogP contribution in [-0.2, 0) is 27.2 Å². The quantitative estimate of drug-likeness (QED) is 0.395. The van der Waals surface area contributed by atoms with Crippen molar-refractivity contribution in [1.82, 2.24) is 24.5 Å². The summed E-state index contributed by atoms with van der Waals surface area (Å²) in [7, 11) is 0. The van der Waals surface area contributed by atoms with E-state index in [9.17, 15) is 9.59 Å². The number of carbonyl (C=O) groups is 1. The molecule has 182 valence electrons. The first-order valence-corrected chi connectivity index (χ1v) is 11.2. The van der Waals surface area contributed by atoms with Gasteiger partial charge in [0, 0.05) is 35.8 Å². The third-order valence-electron chi connectivity index (χ3n) is 5.76. The molecule has 5 rings (SSSR count). The Morgan fingerprint density at radius 2 is 2.20 bits per heavy atom. The highest BCUT2D eigenvalue weighted by molar-refractivity contribution is 5.86. The average molecular weight is 479 g/mol. The Kier molecular flexibility index (Phi) is 5.87. The Balaban J connectivity index is 1.30. The van der Waals surface area contributed by atoms with Crippen molar-refractivity contribution in [3.8, 4) is 11.5 Å². The van der Waals surface area contributed by atoms with Gasteiger partial charge in [-0.25, -0.2) is 4.68 Å². The zero-order valence-electron chi connectivity index (χ0n) is 19.4. The van der Waals surface area contributed by atoms with Crippen molar-refractivity contribution in [2.24, 2.45) is 5.73 Å². The summed E-state index contributed by atoms with van der Waals surface area (Å²) in [5.41, 5.74) is 6.62. The number of carbonyl (C=O) groups excluding carboxylic acids is 1. The number of primary amides is 1. The lowest BCUT2D eigenvalue weighted by atomic mass is 10.1. The monoisotopic (exact) mass is 478 g/mol. The van der Waals surface area contributed by atoms with Crippen LogP contribution in [0.5, 0.6) is 11.5 Å². The third-order valence-corrected chi connectivity index (χ3v) is 5.76. The van der Waals surface area contributed by atoms with E-state index in [4.69, 9.17) is 19.9 Å². The van der Waals surface area contributed by atoms with E-state index in [0.29, 0.717) is 24.6 Å². The largest absolute Gasteiger partial charge is 0.455 e. The molecule has 1 fully saturated rings. The number of aromatic amines is 1. The van der Waals surface area contributed by atoms with Gasteiger partial charge in [-0.05, 0) is 38.1 Å². The second kappa shape index (κ2) is 9.01. The Bertz CT molecular complexity index is 1420. The topological polar surface area (TPSA) is 139 Å². The Labute approximate surface area is 200 Å². The van der Waals surface area contributed by atoms with Gasteiger partial charge in [-0.2, -0.15) is 10.2 Å². The van der Waals surface area contributed by atoms with Gasteiger partial charge in [0.15, 0.2) is 11.5 Å². The number of amides is 1. The van der Waals surface area contributed by atoms with Crippen LogP contribution in [0.1, 0.15) is 25.6 Å². The highest BCUT2D eigenvalue weighted by Gasteiger charge is 2.33. The molecule has 0 spiro atoms. The zero-order chi connectivity index (χ0) is 24.6. The summed E-state index contributed by atoms with van der Waals surface area (Å²) in [6.07, 6.45) is 4.98. The highest BCUT2D eigenvalue weighted by atomic mass is 16.7. The molecule has 4 heterocycles. The number of hydrogen-bond donors (Lipinski definition) is 2. The number of rotatable bonds is 8. The highest BCUT2D eigenvalue weighted by Crippen LogP contribution is 2.28. The number of hydrogen-bond acceptors (Lipinski definition) is 7. The second-order valence-electron chi connectivity index (χ2n) is 8.87. The van der Waals surface area contributed by atoms with Crippen molar-refractivity contribution in [2.75, 3.05) is 6.61 Å². The van der Waals surface area contributed by atoms with Crippen LogP contribution in [0.3, 0.4) is 0 Å². The van der Waals surface area contributed by atoms with Gasteiger partial charge in [0.05, 0.1) is 25.0 Å². The van der Waals surface area contributed by atoms with Crippen LogP contribution in [0.2, 0.25) is 0 Å². The summed E-state index contributed by atoms with van der Waals surface area (Å²) in [4.78, 5) is 28.2. The number of nitrogens with zero attached hydrogens (tertiary/aromatic N) is 4. The number of nitrogens with one attached hydrogen (secondary N) is 1. The van der Waals surface area contributed by atoms with Crippen molar-refractivity contribution in [2.45, 2.75) is 44.7 Å². The van der Waals surface area contributed by atoms with E-state index in [0.717, 1.165) is 15.6 Å². The SMILES string of the molecule is CC1(C)OC[C@@H](Cn2ccc(CC(C(N)=O)n3ncc(Oc4cccc5[nH]ccc45)cc3=O)n2)O1. The van der Waals surface area contributed by atoms with Crippen molar-refractivity contribution < 1.29 is 19.0 Å². The molecule has 3 N–H and O–H groups in total. The summed E-state index contributed by atoms with van der Waals surface area (Å²) >= 11 is 0. The molecule has 1 aliphatic heterocycles. The lowest BCUT2D eigenvalue weighted by molar-refractivity contribution is -0.139. The fourth-order valence-corrected chi connectivity index (χ4v) is 4.15. The van der Waals surface area contributed by atoms with Crippen LogP contribution >= 0.6 is 0 Å². The maximum absolute atomic E-state index is 12.8. The summed E-state index contributed by atoms with van der Waals surface area (Å²) in [6, 6.07) is 9.51. The van der Waals surface area contributed by atoms with E-state index in [1.807, 2.05) is 38.2 Å². The normalized spacial score (nSPS) is 18.1. The molecule has 35 heavy (non-hydrogen) atoms. The maximum atomic E-state index is 12.8. The number of fused-ring (bicyclic) bond motifs is 1. The average Bonchev–Trinajstić information content (AvgIpc) is 3.53. The minimum atomic E-state index is -1.00. The summed E-state index contributed by atoms with van der Waals surface area (Å²) in [5, 5.41) is 9.54.